The van der Waals surface area contributed by atoms with E-state index < -0.39 is 6.04 Å². The average molecular weight is 450 g/mol. The molecule has 0 amide bonds. The van der Waals surface area contributed by atoms with Gasteiger partial charge in [0.1, 0.15) is 11.9 Å². The zero-order chi connectivity index (χ0) is 20.3. The minimum atomic E-state index is -0.457. The molecule has 0 radical (unpaired) electrons. The number of fused-ring (bicyclic) bond motifs is 2. The molecule has 6 nitrogen and oxygen atoms in total. The molecule has 0 fully saturated rings. The van der Waals surface area contributed by atoms with Gasteiger partial charge in [0.25, 0.3) is 6.33 Å². The van der Waals surface area contributed by atoms with E-state index in [2.05, 4.69) is 10.4 Å². The lowest BCUT2D eigenvalue weighted by Crippen LogP contribution is -2.33. The van der Waals surface area contributed by atoms with Gasteiger partial charge in [-0.15, -0.1) is 4.57 Å². The van der Waals surface area contributed by atoms with Crippen LogP contribution in [-0.2, 0) is 13.0 Å². The first-order valence-electron chi connectivity index (χ1n) is 9.26. The molecule has 1 unspecified atom stereocenters. The monoisotopic (exact) mass is 448 g/mol. The third-order valence-electron chi connectivity index (χ3n) is 5.48. The molecule has 2 aromatic heterocycles. The Balaban J connectivity index is 1.67. The Hall–Kier alpha value is -2.28. The number of aromatic nitrogens is 4. The van der Waals surface area contributed by atoms with Gasteiger partial charge in [0.05, 0.1) is 28.4 Å². The first-order chi connectivity index (χ1) is 14.0. The van der Waals surface area contributed by atoms with Gasteiger partial charge in [-0.1, -0.05) is 29.3 Å². The molecular weight excluding hydrogens is 433 g/mol. The fourth-order valence-corrected chi connectivity index (χ4v) is 4.75. The molecule has 0 saturated carbocycles. The summed E-state index contributed by atoms with van der Waals surface area (Å²) in [4.78, 5) is 13.7. The maximum absolute atomic E-state index is 13.7. The number of nitrogens with one attached hydrogen (secondary N) is 1. The molecule has 5 rings (SSSR count). The number of carbonyl (C=O) groups is 1. The molecule has 0 bridgehead atoms. The maximum Gasteiger partial charge on any atom is 0.346 e. The summed E-state index contributed by atoms with van der Waals surface area (Å²) in [6.45, 7) is 2.75. The smallest absolute Gasteiger partial charge is 0.344 e. The predicted octanol–water partition coefficient (Wildman–Crippen LogP) is 4.51. The van der Waals surface area contributed by atoms with Gasteiger partial charge in [-0.2, -0.15) is 5.10 Å². The molecular formula is C20H17Cl3N5O+. The average Bonchev–Trinajstić information content (AvgIpc) is 3.40. The fourth-order valence-electron chi connectivity index (χ4n) is 4.12. The number of benzene rings is 1. The largest absolute Gasteiger partial charge is 0.346 e. The zero-order valence-corrected chi connectivity index (χ0v) is 17.8. The first kappa shape index (κ1) is 18.7. The summed E-state index contributed by atoms with van der Waals surface area (Å²) < 4.78 is 5.34. The normalized spacial score (nSPS) is 17.9. The lowest BCUT2D eigenvalue weighted by Gasteiger charge is -2.28. The van der Waals surface area contributed by atoms with Crippen molar-refractivity contribution in [2.24, 2.45) is 0 Å². The quantitative estimate of drug-likeness (QED) is 0.586. The number of hydrogen-bond acceptors (Lipinski definition) is 3. The van der Waals surface area contributed by atoms with Gasteiger partial charge < -0.3 is 5.32 Å². The van der Waals surface area contributed by atoms with Crippen molar-refractivity contribution < 1.29 is 9.36 Å². The SMILES string of the molecule is CC1=C(C(=O)n2c[n+]3c(c2Cl)CCC3)C(c2ccc(Cl)c(Cl)c2)n2nccc2N1. The highest BCUT2D eigenvalue weighted by atomic mass is 35.5. The van der Waals surface area contributed by atoms with Crippen molar-refractivity contribution in [3.63, 3.8) is 0 Å². The maximum atomic E-state index is 13.7. The Morgan fingerprint density at radius 1 is 1.24 bits per heavy atom. The van der Waals surface area contributed by atoms with Gasteiger partial charge in [-0.05, 0) is 42.6 Å². The lowest BCUT2D eigenvalue weighted by atomic mass is 9.95. The summed E-state index contributed by atoms with van der Waals surface area (Å²) in [5.41, 5.74) is 3.11. The highest BCUT2D eigenvalue weighted by molar-refractivity contribution is 6.42. The lowest BCUT2D eigenvalue weighted by molar-refractivity contribution is -0.689. The third-order valence-corrected chi connectivity index (χ3v) is 6.62. The van der Waals surface area contributed by atoms with Crippen molar-refractivity contribution in [1.29, 1.82) is 0 Å². The van der Waals surface area contributed by atoms with Crippen LogP contribution in [0.3, 0.4) is 0 Å². The molecule has 3 aromatic rings. The van der Waals surface area contributed by atoms with Crippen LogP contribution in [-0.4, -0.2) is 20.3 Å². The van der Waals surface area contributed by atoms with Crippen molar-refractivity contribution in [3.05, 3.63) is 74.5 Å². The molecule has 4 heterocycles. The van der Waals surface area contributed by atoms with E-state index in [0.717, 1.165) is 42.2 Å². The van der Waals surface area contributed by atoms with Crippen molar-refractivity contribution in [3.8, 4) is 0 Å². The van der Waals surface area contributed by atoms with Crippen LogP contribution in [0.25, 0.3) is 0 Å². The molecule has 0 spiro atoms. The van der Waals surface area contributed by atoms with Gasteiger partial charge >= 0.3 is 5.91 Å². The number of aryl methyl sites for hydroxylation is 1. The van der Waals surface area contributed by atoms with E-state index in [1.54, 1.807) is 29.3 Å². The van der Waals surface area contributed by atoms with Crippen LogP contribution < -0.4 is 9.88 Å². The summed E-state index contributed by atoms with van der Waals surface area (Å²) in [6, 6.07) is 6.78. The third kappa shape index (κ3) is 2.89. The van der Waals surface area contributed by atoms with Crippen LogP contribution in [0.4, 0.5) is 5.82 Å². The highest BCUT2D eigenvalue weighted by Crippen LogP contribution is 2.38. The Morgan fingerprint density at radius 2 is 2.07 bits per heavy atom. The summed E-state index contributed by atoms with van der Waals surface area (Å²) in [6.07, 6.45) is 5.39. The van der Waals surface area contributed by atoms with E-state index >= 15 is 0 Å². The number of carbonyl (C=O) groups excluding carboxylic acids is 1. The molecule has 2 aliphatic heterocycles. The molecule has 0 saturated heterocycles. The molecule has 2 aliphatic rings. The second-order valence-electron chi connectivity index (χ2n) is 7.23. The van der Waals surface area contributed by atoms with Crippen LogP contribution in [0.1, 0.15) is 35.4 Å². The number of hydrogen-bond donors (Lipinski definition) is 1. The zero-order valence-electron chi connectivity index (χ0n) is 15.5. The standard InChI is InChI=1S/C20H16Cl3N5O/c1-11-17(20(29)27-10-26-8-2-3-15(26)19(27)23)18(28-16(25-11)6-7-24-28)12-4-5-13(21)14(22)9-12/h4-7,9-10,18H,2-3,8H2,1H3/p+1. The van der Waals surface area contributed by atoms with Crippen molar-refractivity contribution in [2.45, 2.75) is 32.4 Å². The van der Waals surface area contributed by atoms with Crippen LogP contribution >= 0.6 is 34.8 Å². The summed E-state index contributed by atoms with van der Waals surface area (Å²) in [5, 5.41) is 9.06. The van der Waals surface area contributed by atoms with Gasteiger partial charge in [0.2, 0.25) is 5.15 Å². The van der Waals surface area contributed by atoms with Crippen LogP contribution in [0.2, 0.25) is 15.2 Å². The number of anilines is 1. The van der Waals surface area contributed by atoms with Crippen molar-refractivity contribution in [2.75, 3.05) is 5.32 Å². The van der Waals surface area contributed by atoms with Crippen LogP contribution in [0.15, 0.2) is 48.1 Å². The summed E-state index contributed by atoms with van der Waals surface area (Å²) in [5.74, 6) is 0.602. The Labute approximate surface area is 182 Å². The minimum Gasteiger partial charge on any atom is -0.344 e. The van der Waals surface area contributed by atoms with E-state index in [0.29, 0.717) is 20.8 Å². The molecule has 9 heteroatoms. The number of rotatable bonds is 2. The molecule has 29 heavy (non-hydrogen) atoms. The topological polar surface area (TPSA) is 55.7 Å². The molecule has 1 atom stereocenters. The summed E-state index contributed by atoms with van der Waals surface area (Å²) in [7, 11) is 0. The second kappa shape index (κ2) is 6.90. The molecule has 1 N–H and O–H groups in total. The van der Waals surface area contributed by atoms with Gasteiger partial charge in [-0.3, -0.25) is 0 Å². The van der Waals surface area contributed by atoms with Gasteiger partial charge in [0.15, 0.2) is 5.69 Å². The molecule has 1 aromatic carbocycles. The van der Waals surface area contributed by atoms with Gasteiger partial charge in [-0.25, -0.2) is 14.0 Å². The molecule has 0 aliphatic carbocycles. The highest BCUT2D eigenvalue weighted by Gasteiger charge is 2.38. The van der Waals surface area contributed by atoms with Gasteiger partial charge in [0, 0.05) is 18.2 Å². The van der Waals surface area contributed by atoms with Crippen molar-refractivity contribution >= 4 is 46.5 Å². The number of allylic oxidation sites excluding steroid dienone is 2. The Kier molecular flexibility index (Phi) is 4.46. The van der Waals surface area contributed by atoms with Crippen molar-refractivity contribution in [1.82, 2.24) is 14.3 Å². The minimum absolute atomic E-state index is 0.195. The van der Waals surface area contributed by atoms with E-state index in [1.807, 2.05) is 23.6 Å². The Morgan fingerprint density at radius 3 is 2.83 bits per heavy atom. The van der Waals surface area contributed by atoms with Crippen LogP contribution in [0.5, 0.6) is 0 Å². The van der Waals surface area contributed by atoms with E-state index in [1.165, 1.54) is 4.57 Å². The summed E-state index contributed by atoms with van der Waals surface area (Å²) >= 11 is 19.0. The predicted molar refractivity (Wildman–Crippen MR) is 112 cm³/mol. The van der Waals surface area contributed by atoms with Crippen LogP contribution in [0, 0.1) is 0 Å². The number of nitrogens with zero attached hydrogens (tertiary/aromatic N) is 4. The molecule has 148 valence electrons. The van der Waals surface area contributed by atoms with E-state index in [4.69, 9.17) is 34.8 Å². The second-order valence-corrected chi connectivity index (χ2v) is 8.40. The number of imidazole rings is 1. The number of halogens is 3. The van der Waals surface area contributed by atoms with E-state index in [9.17, 15) is 4.79 Å². The fraction of sp³-hybridized carbons (Fsp3) is 0.250. The van der Waals surface area contributed by atoms with E-state index in [-0.39, 0.29) is 5.91 Å². The Bertz CT molecular complexity index is 1190. The first-order valence-corrected chi connectivity index (χ1v) is 10.4.